The maximum atomic E-state index is 12.0. The minimum absolute atomic E-state index is 0.0907. The normalized spacial score (nSPS) is 10.2. The second kappa shape index (κ2) is 7.96. The molecule has 110 valence electrons. The van der Waals surface area contributed by atoms with Crippen molar-refractivity contribution in [3.8, 4) is 5.75 Å². The monoisotopic (exact) mass is 321 g/mol. The molecule has 0 saturated heterocycles. The molecule has 0 radical (unpaired) electrons. The first-order chi connectivity index (χ1) is 10.2. The van der Waals surface area contributed by atoms with Crippen molar-refractivity contribution in [1.82, 2.24) is 0 Å². The number of carbonyl (C=O) groups excluding carboxylic acids is 1. The highest BCUT2D eigenvalue weighted by Gasteiger charge is 2.09. The number of thioether (sulfide) groups is 1. The van der Waals surface area contributed by atoms with E-state index in [-0.39, 0.29) is 5.91 Å². The van der Waals surface area contributed by atoms with E-state index in [9.17, 15) is 4.79 Å². The van der Waals surface area contributed by atoms with Gasteiger partial charge >= 0.3 is 0 Å². The molecule has 21 heavy (non-hydrogen) atoms. The minimum atomic E-state index is -0.0907. The van der Waals surface area contributed by atoms with Gasteiger partial charge in [0.1, 0.15) is 5.75 Å². The predicted octanol–water partition coefficient (Wildman–Crippen LogP) is 4.47. The summed E-state index contributed by atoms with van der Waals surface area (Å²) in [6.07, 6.45) is 0. The summed E-state index contributed by atoms with van der Waals surface area (Å²) in [6.45, 7) is 2.47. The zero-order chi connectivity index (χ0) is 15.1. The van der Waals surface area contributed by atoms with Crippen molar-refractivity contribution in [3.63, 3.8) is 0 Å². The van der Waals surface area contributed by atoms with Gasteiger partial charge in [0.2, 0.25) is 5.91 Å². The largest absolute Gasteiger partial charge is 0.492 e. The number of amides is 1. The lowest BCUT2D eigenvalue weighted by Crippen LogP contribution is -2.14. The maximum Gasteiger partial charge on any atom is 0.234 e. The number of ether oxygens (including phenoxy) is 1. The quantitative estimate of drug-likeness (QED) is 0.798. The van der Waals surface area contributed by atoms with Crippen LogP contribution in [0.4, 0.5) is 5.69 Å². The fourth-order valence-electron chi connectivity index (χ4n) is 1.74. The average molecular weight is 322 g/mol. The van der Waals surface area contributed by atoms with E-state index in [0.717, 1.165) is 4.90 Å². The van der Waals surface area contributed by atoms with Crippen LogP contribution in [0, 0.1) is 0 Å². The fraction of sp³-hybridized carbons (Fsp3) is 0.188. The van der Waals surface area contributed by atoms with Gasteiger partial charge < -0.3 is 10.1 Å². The molecule has 0 bridgehead atoms. The second-order valence-corrected chi connectivity index (χ2v) is 5.62. The van der Waals surface area contributed by atoms with Crippen molar-refractivity contribution < 1.29 is 9.53 Å². The van der Waals surface area contributed by atoms with Gasteiger partial charge in [0.15, 0.2) is 0 Å². The summed E-state index contributed by atoms with van der Waals surface area (Å²) in [4.78, 5) is 12.9. The van der Waals surface area contributed by atoms with Crippen LogP contribution in [0.2, 0.25) is 5.02 Å². The Hall–Kier alpha value is -1.65. The molecule has 0 aliphatic heterocycles. The van der Waals surface area contributed by atoms with Crippen LogP contribution in [0.25, 0.3) is 0 Å². The van der Waals surface area contributed by atoms with Crippen molar-refractivity contribution in [2.75, 3.05) is 17.7 Å². The SMILES string of the molecule is CCOc1ccccc1NC(=O)CSc1ccccc1Cl. The van der Waals surface area contributed by atoms with Crippen LogP contribution in [0.15, 0.2) is 53.4 Å². The van der Waals surface area contributed by atoms with Gasteiger partial charge in [-0.1, -0.05) is 35.9 Å². The Bertz CT molecular complexity index is 619. The Kier molecular flexibility index (Phi) is 5.96. The molecule has 1 amide bonds. The van der Waals surface area contributed by atoms with Gasteiger partial charge in [0.05, 0.1) is 23.1 Å². The highest BCUT2D eigenvalue weighted by atomic mass is 35.5. The summed E-state index contributed by atoms with van der Waals surface area (Å²) < 4.78 is 5.48. The summed E-state index contributed by atoms with van der Waals surface area (Å²) in [6, 6.07) is 14.9. The van der Waals surface area contributed by atoms with E-state index in [2.05, 4.69) is 5.32 Å². The molecule has 1 N–H and O–H groups in total. The number of hydrogen-bond acceptors (Lipinski definition) is 3. The summed E-state index contributed by atoms with van der Waals surface area (Å²) in [5, 5.41) is 3.51. The lowest BCUT2D eigenvalue weighted by molar-refractivity contribution is -0.113. The number of halogens is 1. The molecule has 0 unspecified atom stereocenters. The highest BCUT2D eigenvalue weighted by molar-refractivity contribution is 8.00. The molecule has 0 aliphatic rings. The number of carbonyl (C=O) groups is 1. The Labute approximate surface area is 133 Å². The van der Waals surface area contributed by atoms with Gasteiger partial charge in [-0.15, -0.1) is 11.8 Å². The first-order valence-electron chi connectivity index (χ1n) is 6.59. The van der Waals surface area contributed by atoms with Crippen molar-refractivity contribution in [2.45, 2.75) is 11.8 Å². The Morgan fingerprint density at radius 3 is 2.67 bits per heavy atom. The van der Waals surface area contributed by atoms with Crippen LogP contribution in [0.5, 0.6) is 5.75 Å². The van der Waals surface area contributed by atoms with Crippen LogP contribution in [-0.4, -0.2) is 18.3 Å². The topological polar surface area (TPSA) is 38.3 Å². The van der Waals surface area contributed by atoms with E-state index in [4.69, 9.17) is 16.3 Å². The molecule has 5 heteroatoms. The minimum Gasteiger partial charge on any atom is -0.492 e. The van der Waals surface area contributed by atoms with E-state index in [0.29, 0.717) is 28.8 Å². The molecule has 0 fully saturated rings. The molecule has 0 aromatic heterocycles. The van der Waals surface area contributed by atoms with Crippen LogP contribution in [-0.2, 0) is 4.79 Å². The van der Waals surface area contributed by atoms with Crippen LogP contribution in [0.3, 0.4) is 0 Å². The molecule has 0 saturated carbocycles. The number of rotatable bonds is 6. The van der Waals surface area contributed by atoms with E-state index in [1.807, 2.05) is 55.5 Å². The third kappa shape index (κ3) is 4.69. The molecule has 3 nitrogen and oxygen atoms in total. The van der Waals surface area contributed by atoms with Crippen molar-refractivity contribution in [1.29, 1.82) is 0 Å². The smallest absolute Gasteiger partial charge is 0.234 e. The molecule has 2 rings (SSSR count). The van der Waals surface area contributed by atoms with Gasteiger partial charge in [0.25, 0.3) is 0 Å². The van der Waals surface area contributed by atoms with E-state index < -0.39 is 0 Å². The Balaban J connectivity index is 1.95. The number of anilines is 1. The molecular formula is C16H16ClNO2S. The van der Waals surface area contributed by atoms with E-state index in [1.165, 1.54) is 11.8 Å². The number of benzene rings is 2. The van der Waals surface area contributed by atoms with Crippen LogP contribution < -0.4 is 10.1 Å². The standard InChI is InChI=1S/C16H16ClNO2S/c1-2-20-14-9-5-4-8-13(14)18-16(19)11-21-15-10-6-3-7-12(15)17/h3-10H,2,11H2,1H3,(H,18,19). The Morgan fingerprint density at radius 1 is 1.19 bits per heavy atom. The zero-order valence-corrected chi connectivity index (χ0v) is 13.2. The van der Waals surface area contributed by atoms with Crippen molar-refractivity contribution >= 4 is 35.0 Å². The van der Waals surface area contributed by atoms with Gasteiger partial charge in [-0.05, 0) is 31.2 Å². The van der Waals surface area contributed by atoms with E-state index in [1.54, 1.807) is 0 Å². The third-order valence-electron chi connectivity index (χ3n) is 2.66. The molecule has 0 atom stereocenters. The molecular weight excluding hydrogens is 306 g/mol. The lowest BCUT2D eigenvalue weighted by Gasteiger charge is -2.11. The number of hydrogen-bond donors (Lipinski definition) is 1. The maximum absolute atomic E-state index is 12.0. The number of para-hydroxylation sites is 2. The van der Waals surface area contributed by atoms with Crippen molar-refractivity contribution in [2.24, 2.45) is 0 Å². The fourth-order valence-corrected chi connectivity index (χ4v) is 2.78. The molecule has 2 aromatic carbocycles. The van der Waals surface area contributed by atoms with Crippen LogP contribution in [0.1, 0.15) is 6.92 Å². The van der Waals surface area contributed by atoms with Gasteiger partial charge in [-0.25, -0.2) is 0 Å². The molecule has 0 aliphatic carbocycles. The lowest BCUT2D eigenvalue weighted by atomic mass is 10.3. The summed E-state index contributed by atoms with van der Waals surface area (Å²) in [5.74, 6) is 0.882. The van der Waals surface area contributed by atoms with Gasteiger partial charge in [-0.2, -0.15) is 0 Å². The van der Waals surface area contributed by atoms with Gasteiger partial charge in [0, 0.05) is 4.90 Å². The first kappa shape index (κ1) is 15.7. The Morgan fingerprint density at radius 2 is 1.90 bits per heavy atom. The van der Waals surface area contributed by atoms with Crippen molar-refractivity contribution in [3.05, 3.63) is 53.6 Å². The predicted molar refractivity (Wildman–Crippen MR) is 88.4 cm³/mol. The highest BCUT2D eigenvalue weighted by Crippen LogP contribution is 2.27. The molecule has 2 aromatic rings. The summed E-state index contributed by atoms with van der Waals surface area (Å²) in [5.41, 5.74) is 0.684. The third-order valence-corrected chi connectivity index (χ3v) is 4.17. The molecule has 0 heterocycles. The second-order valence-electron chi connectivity index (χ2n) is 4.20. The van der Waals surface area contributed by atoms with E-state index >= 15 is 0 Å². The molecule has 0 spiro atoms. The van der Waals surface area contributed by atoms with Crippen LogP contribution >= 0.6 is 23.4 Å². The zero-order valence-electron chi connectivity index (χ0n) is 11.6. The number of nitrogens with one attached hydrogen (secondary N) is 1. The summed E-state index contributed by atoms with van der Waals surface area (Å²) >= 11 is 7.47. The van der Waals surface area contributed by atoms with Gasteiger partial charge in [-0.3, -0.25) is 4.79 Å². The summed E-state index contributed by atoms with van der Waals surface area (Å²) in [7, 11) is 0. The average Bonchev–Trinajstić information content (AvgIpc) is 2.49. The first-order valence-corrected chi connectivity index (χ1v) is 7.96.